The highest BCUT2D eigenvalue weighted by Gasteiger charge is 2.33. The fourth-order valence-corrected chi connectivity index (χ4v) is 2.49. The summed E-state index contributed by atoms with van der Waals surface area (Å²) in [4.78, 5) is 36.8. The standard InChI is InChI=1S/C19H28N2O4/c1-14(2)19(4,12-18(24)25)20-17(23)13-21(15(3)22)11-10-16-8-6-5-7-9-16/h5-9,14H,10-13H2,1-4H3,(H,20,23)(H,24,25). The normalized spacial score (nSPS) is 13.2. The van der Waals surface area contributed by atoms with Gasteiger partial charge in [0.25, 0.3) is 0 Å². The van der Waals surface area contributed by atoms with Crippen LogP contribution in [0.3, 0.4) is 0 Å². The van der Waals surface area contributed by atoms with Gasteiger partial charge in [0.15, 0.2) is 0 Å². The Bertz CT molecular complexity index is 601. The van der Waals surface area contributed by atoms with Crippen LogP contribution in [0.1, 0.15) is 39.7 Å². The molecule has 6 heteroatoms. The first kappa shape index (κ1) is 20.7. The largest absolute Gasteiger partial charge is 0.481 e. The average Bonchev–Trinajstić information content (AvgIpc) is 2.51. The summed E-state index contributed by atoms with van der Waals surface area (Å²) in [5.74, 6) is -1.55. The van der Waals surface area contributed by atoms with Crippen molar-refractivity contribution in [2.45, 2.75) is 46.1 Å². The molecule has 0 spiro atoms. The quantitative estimate of drug-likeness (QED) is 0.715. The Morgan fingerprint density at radius 3 is 2.28 bits per heavy atom. The molecule has 0 radical (unpaired) electrons. The number of rotatable bonds is 9. The molecule has 0 aliphatic carbocycles. The molecule has 6 nitrogen and oxygen atoms in total. The SMILES string of the molecule is CC(=O)N(CCc1ccccc1)CC(=O)NC(C)(CC(=O)O)C(C)C. The minimum absolute atomic E-state index is 0.0531. The maximum absolute atomic E-state index is 12.4. The Hall–Kier alpha value is -2.37. The van der Waals surface area contributed by atoms with Crippen molar-refractivity contribution in [2.75, 3.05) is 13.1 Å². The van der Waals surface area contributed by atoms with E-state index in [1.54, 1.807) is 6.92 Å². The number of carboxylic acids is 1. The molecule has 0 saturated heterocycles. The van der Waals surface area contributed by atoms with E-state index in [1.165, 1.54) is 11.8 Å². The Kier molecular flexibility index (Phi) is 7.61. The summed E-state index contributed by atoms with van der Waals surface area (Å²) >= 11 is 0. The van der Waals surface area contributed by atoms with Gasteiger partial charge in [0.2, 0.25) is 11.8 Å². The predicted molar refractivity (Wildman–Crippen MR) is 96.0 cm³/mol. The summed E-state index contributed by atoms with van der Waals surface area (Å²) in [6, 6.07) is 9.73. The maximum atomic E-state index is 12.4. The van der Waals surface area contributed by atoms with Gasteiger partial charge in [-0.3, -0.25) is 14.4 Å². The molecule has 25 heavy (non-hydrogen) atoms. The van der Waals surface area contributed by atoms with Crippen LogP contribution in [0.25, 0.3) is 0 Å². The van der Waals surface area contributed by atoms with E-state index in [0.29, 0.717) is 13.0 Å². The molecule has 0 fully saturated rings. The van der Waals surface area contributed by atoms with Crippen molar-refractivity contribution < 1.29 is 19.5 Å². The van der Waals surface area contributed by atoms with Crippen LogP contribution in [0.15, 0.2) is 30.3 Å². The molecule has 0 aliphatic heterocycles. The van der Waals surface area contributed by atoms with Crippen LogP contribution in [0.5, 0.6) is 0 Å². The number of amides is 2. The molecule has 1 atom stereocenters. The topological polar surface area (TPSA) is 86.7 Å². The second kappa shape index (κ2) is 9.20. The summed E-state index contributed by atoms with van der Waals surface area (Å²) in [5, 5.41) is 11.9. The van der Waals surface area contributed by atoms with Crippen LogP contribution >= 0.6 is 0 Å². The first-order valence-corrected chi connectivity index (χ1v) is 8.46. The average molecular weight is 348 g/mol. The van der Waals surface area contributed by atoms with Crippen LogP contribution in [0.2, 0.25) is 0 Å². The van der Waals surface area contributed by atoms with Gasteiger partial charge in [0.05, 0.1) is 18.5 Å². The molecule has 0 bridgehead atoms. The Labute approximate surface area is 149 Å². The van der Waals surface area contributed by atoms with E-state index >= 15 is 0 Å². The van der Waals surface area contributed by atoms with E-state index in [1.807, 2.05) is 44.2 Å². The minimum Gasteiger partial charge on any atom is -0.481 e. The molecular formula is C19H28N2O4. The first-order chi connectivity index (χ1) is 11.6. The van der Waals surface area contributed by atoms with Gasteiger partial charge in [-0.05, 0) is 24.8 Å². The second-order valence-corrected chi connectivity index (χ2v) is 6.87. The van der Waals surface area contributed by atoms with Gasteiger partial charge >= 0.3 is 5.97 Å². The molecule has 2 amide bonds. The van der Waals surface area contributed by atoms with E-state index in [0.717, 1.165) is 5.56 Å². The zero-order valence-electron chi connectivity index (χ0n) is 15.4. The highest BCUT2D eigenvalue weighted by atomic mass is 16.4. The highest BCUT2D eigenvalue weighted by molar-refractivity contribution is 5.84. The number of carbonyl (C=O) groups excluding carboxylic acids is 2. The van der Waals surface area contributed by atoms with E-state index in [-0.39, 0.29) is 30.7 Å². The smallest absolute Gasteiger partial charge is 0.305 e. The highest BCUT2D eigenvalue weighted by Crippen LogP contribution is 2.20. The number of nitrogens with one attached hydrogen (secondary N) is 1. The fourth-order valence-electron chi connectivity index (χ4n) is 2.49. The van der Waals surface area contributed by atoms with E-state index in [9.17, 15) is 14.4 Å². The molecule has 1 rings (SSSR count). The van der Waals surface area contributed by atoms with Crippen LogP contribution < -0.4 is 5.32 Å². The molecule has 2 N–H and O–H groups in total. The van der Waals surface area contributed by atoms with E-state index in [4.69, 9.17) is 5.11 Å². The van der Waals surface area contributed by atoms with Crippen molar-refractivity contribution in [3.63, 3.8) is 0 Å². The summed E-state index contributed by atoms with van der Waals surface area (Å²) in [6.07, 6.45) is 0.491. The van der Waals surface area contributed by atoms with Crippen molar-refractivity contribution in [3.8, 4) is 0 Å². The predicted octanol–water partition coefficient (Wildman–Crippen LogP) is 2.08. The summed E-state index contributed by atoms with van der Waals surface area (Å²) < 4.78 is 0. The lowest BCUT2D eigenvalue weighted by atomic mass is 9.85. The summed E-state index contributed by atoms with van der Waals surface area (Å²) in [6.45, 7) is 7.22. The van der Waals surface area contributed by atoms with Gasteiger partial charge in [-0.15, -0.1) is 0 Å². The minimum atomic E-state index is -0.969. The Morgan fingerprint density at radius 2 is 1.80 bits per heavy atom. The summed E-state index contributed by atoms with van der Waals surface area (Å²) in [5.41, 5.74) is 0.234. The number of carbonyl (C=O) groups is 3. The van der Waals surface area contributed by atoms with Gasteiger partial charge in [-0.25, -0.2) is 0 Å². The zero-order valence-corrected chi connectivity index (χ0v) is 15.4. The lowest BCUT2D eigenvalue weighted by Gasteiger charge is -2.34. The zero-order chi connectivity index (χ0) is 19.0. The van der Waals surface area contributed by atoms with Crippen molar-refractivity contribution in [1.82, 2.24) is 10.2 Å². The molecule has 1 unspecified atom stereocenters. The van der Waals surface area contributed by atoms with Crippen LogP contribution in [-0.2, 0) is 20.8 Å². The number of benzene rings is 1. The monoisotopic (exact) mass is 348 g/mol. The molecule has 0 saturated carbocycles. The van der Waals surface area contributed by atoms with Crippen LogP contribution in [-0.4, -0.2) is 46.4 Å². The van der Waals surface area contributed by atoms with Crippen LogP contribution in [0, 0.1) is 5.92 Å². The third-order valence-corrected chi connectivity index (χ3v) is 4.51. The molecule has 0 heterocycles. The van der Waals surface area contributed by atoms with Gasteiger partial charge in [0, 0.05) is 13.5 Å². The summed E-state index contributed by atoms with van der Waals surface area (Å²) in [7, 11) is 0. The lowest BCUT2D eigenvalue weighted by Crippen LogP contribution is -2.54. The van der Waals surface area contributed by atoms with E-state index < -0.39 is 11.5 Å². The van der Waals surface area contributed by atoms with Crippen molar-refractivity contribution in [2.24, 2.45) is 5.92 Å². The van der Waals surface area contributed by atoms with Crippen LogP contribution in [0.4, 0.5) is 0 Å². The van der Waals surface area contributed by atoms with Gasteiger partial charge in [0.1, 0.15) is 0 Å². The number of hydrogen-bond donors (Lipinski definition) is 2. The maximum Gasteiger partial charge on any atom is 0.305 e. The fraction of sp³-hybridized carbons (Fsp3) is 0.526. The van der Waals surface area contributed by atoms with Gasteiger partial charge in [-0.2, -0.15) is 0 Å². The third-order valence-electron chi connectivity index (χ3n) is 4.51. The molecule has 138 valence electrons. The van der Waals surface area contributed by atoms with Crippen molar-refractivity contribution in [1.29, 1.82) is 0 Å². The molecule has 0 aromatic heterocycles. The molecular weight excluding hydrogens is 320 g/mol. The number of carboxylic acid groups (broad SMARTS) is 1. The number of aliphatic carboxylic acids is 1. The Balaban J connectivity index is 2.69. The Morgan fingerprint density at radius 1 is 1.20 bits per heavy atom. The van der Waals surface area contributed by atoms with Crippen molar-refractivity contribution in [3.05, 3.63) is 35.9 Å². The number of hydrogen-bond acceptors (Lipinski definition) is 3. The molecule has 1 aromatic carbocycles. The van der Waals surface area contributed by atoms with Gasteiger partial charge in [-0.1, -0.05) is 44.2 Å². The second-order valence-electron chi connectivity index (χ2n) is 6.87. The molecule has 0 aliphatic rings. The number of nitrogens with zero attached hydrogens (tertiary/aromatic N) is 1. The lowest BCUT2D eigenvalue weighted by molar-refractivity contribution is -0.140. The third kappa shape index (κ3) is 6.95. The van der Waals surface area contributed by atoms with Crippen molar-refractivity contribution >= 4 is 17.8 Å². The van der Waals surface area contributed by atoms with E-state index in [2.05, 4.69) is 5.32 Å². The van der Waals surface area contributed by atoms with Gasteiger partial charge < -0.3 is 15.3 Å². The first-order valence-electron chi connectivity index (χ1n) is 8.46. The molecule has 1 aromatic rings.